The maximum Gasteiger partial charge on any atom is 0.339 e. The molecule has 2 atom stereocenters. The number of aryl methyl sites for hydroxylation is 1. The van der Waals surface area contributed by atoms with Crippen LogP contribution in [0.1, 0.15) is 47.6 Å². The van der Waals surface area contributed by atoms with Crippen LogP contribution in [0.5, 0.6) is 0 Å². The lowest BCUT2D eigenvalue weighted by atomic mass is 9.84. The van der Waals surface area contributed by atoms with Crippen LogP contribution >= 0.6 is 0 Å². The molecule has 2 heterocycles. The highest BCUT2D eigenvalue weighted by Gasteiger charge is 2.29. The number of nitrogens with one attached hydrogen (secondary N) is 1. The minimum atomic E-state index is -1.11. The quantitative estimate of drug-likeness (QED) is 0.413. The molecule has 2 aromatic carbocycles. The molecule has 0 aliphatic heterocycles. The van der Waals surface area contributed by atoms with Gasteiger partial charge in [0.15, 0.2) is 6.10 Å². The van der Waals surface area contributed by atoms with Crippen LogP contribution in [-0.2, 0) is 29.4 Å². The maximum atomic E-state index is 13.5. The predicted molar refractivity (Wildman–Crippen MR) is 142 cm³/mol. The van der Waals surface area contributed by atoms with E-state index < -0.39 is 18.0 Å². The Labute approximate surface area is 214 Å². The molecule has 0 saturated carbocycles. The van der Waals surface area contributed by atoms with Gasteiger partial charge in [-0.25, -0.2) is 9.48 Å². The zero-order valence-electron chi connectivity index (χ0n) is 21.4. The standard InChI is InChI=1S/C29H30N4O4/c1-17-14-15-24-22(16-17)25(21-12-8-9-13-23(21)30-24)29(36)37-19(3)27(34)31-26-18(2)32(4)33(28(26)35)20-10-6-5-7-11-20/h5-13,17,19H,14-16H2,1-4H3,(H,31,34)/t17-,19+/m0/s1. The second-order valence-electron chi connectivity index (χ2n) is 9.75. The van der Waals surface area contributed by atoms with E-state index >= 15 is 0 Å². The van der Waals surface area contributed by atoms with Crippen LogP contribution in [0.4, 0.5) is 5.69 Å². The average molecular weight is 499 g/mol. The van der Waals surface area contributed by atoms with Gasteiger partial charge >= 0.3 is 5.97 Å². The van der Waals surface area contributed by atoms with Crippen molar-refractivity contribution in [1.29, 1.82) is 0 Å². The molecular weight excluding hydrogens is 468 g/mol. The van der Waals surface area contributed by atoms with E-state index in [-0.39, 0.29) is 11.2 Å². The van der Waals surface area contributed by atoms with E-state index in [1.165, 1.54) is 11.6 Å². The Morgan fingerprint density at radius 2 is 1.81 bits per heavy atom. The van der Waals surface area contributed by atoms with Crippen molar-refractivity contribution in [1.82, 2.24) is 14.3 Å². The SMILES string of the molecule is Cc1c(NC(=O)[C@@H](C)OC(=O)c2c3c(nc4ccccc24)CC[C@H](C)C3)c(=O)n(-c2ccccc2)n1C. The van der Waals surface area contributed by atoms with Crippen molar-refractivity contribution in [3.05, 3.63) is 87.5 Å². The molecule has 0 unspecified atom stereocenters. The Kier molecular flexibility index (Phi) is 6.41. The van der Waals surface area contributed by atoms with E-state index in [0.717, 1.165) is 41.4 Å². The second-order valence-corrected chi connectivity index (χ2v) is 9.75. The number of benzene rings is 2. The van der Waals surface area contributed by atoms with Gasteiger partial charge in [-0.1, -0.05) is 43.3 Å². The summed E-state index contributed by atoms with van der Waals surface area (Å²) >= 11 is 0. The fourth-order valence-corrected chi connectivity index (χ4v) is 5.01. The number of aromatic nitrogens is 3. The number of para-hydroxylation sites is 2. The number of anilines is 1. The number of rotatable bonds is 5. The van der Waals surface area contributed by atoms with E-state index in [0.29, 0.717) is 22.9 Å². The van der Waals surface area contributed by atoms with E-state index in [1.807, 2.05) is 54.6 Å². The molecule has 1 amide bonds. The molecule has 37 heavy (non-hydrogen) atoms. The number of hydrogen-bond acceptors (Lipinski definition) is 5. The third kappa shape index (κ3) is 4.43. The summed E-state index contributed by atoms with van der Waals surface area (Å²) in [5.41, 5.74) is 4.10. The summed E-state index contributed by atoms with van der Waals surface area (Å²) < 4.78 is 8.85. The van der Waals surface area contributed by atoms with Crippen LogP contribution in [0.3, 0.4) is 0 Å². The van der Waals surface area contributed by atoms with Crippen LogP contribution in [0.2, 0.25) is 0 Å². The van der Waals surface area contributed by atoms with Crippen molar-refractivity contribution in [3.8, 4) is 5.69 Å². The van der Waals surface area contributed by atoms with Gasteiger partial charge in [-0.2, -0.15) is 0 Å². The van der Waals surface area contributed by atoms with Crippen molar-refractivity contribution in [2.24, 2.45) is 13.0 Å². The molecule has 190 valence electrons. The predicted octanol–water partition coefficient (Wildman–Crippen LogP) is 4.34. The largest absolute Gasteiger partial charge is 0.449 e. The second kappa shape index (κ2) is 9.69. The van der Waals surface area contributed by atoms with Gasteiger partial charge in [-0.15, -0.1) is 0 Å². The molecule has 0 radical (unpaired) electrons. The van der Waals surface area contributed by atoms with Crippen LogP contribution in [-0.4, -0.2) is 32.3 Å². The van der Waals surface area contributed by atoms with Gasteiger partial charge in [-0.05, 0) is 62.8 Å². The number of hydrogen-bond donors (Lipinski definition) is 1. The molecule has 1 aliphatic carbocycles. The van der Waals surface area contributed by atoms with Crippen molar-refractivity contribution < 1.29 is 14.3 Å². The molecule has 8 heteroatoms. The summed E-state index contributed by atoms with van der Waals surface area (Å²) in [6, 6.07) is 16.7. The lowest BCUT2D eigenvalue weighted by Gasteiger charge is -2.24. The number of nitrogens with zero attached hydrogens (tertiary/aromatic N) is 3. The van der Waals surface area contributed by atoms with Crippen molar-refractivity contribution in [2.75, 3.05) is 5.32 Å². The van der Waals surface area contributed by atoms with Crippen molar-refractivity contribution in [2.45, 2.75) is 46.1 Å². The Balaban J connectivity index is 1.42. The Bertz CT molecular complexity index is 1570. The van der Waals surface area contributed by atoms with Gasteiger partial charge in [0.25, 0.3) is 11.5 Å². The highest BCUT2D eigenvalue weighted by molar-refractivity contribution is 6.06. The fourth-order valence-electron chi connectivity index (χ4n) is 5.01. The van der Waals surface area contributed by atoms with Crippen LogP contribution in [0, 0.1) is 12.8 Å². The van der Waals surface area contributed by atoms with Crippen LogP contribution in [0.15, 0.2) is 59.4 Å². The topological polar surface area (TPSA) is 95.2 Å². The number of fused-ring (bicyclic) bond motifs is 2. The lowest BCUT2D eigenvalue weighted by Crippen LogP contribution is -2.32. The highest BCUT2D eigenvalue weighted by atomic mass is 16.5. The fraction of sp³-hybridized carbons (Fsp3) is 0.310. The summed E-state index contributed by atoms with van der Waals surface area (Å²) in [6.07, 6.45) is 1.45. The third-order valence-electron chi connectivity index (χ3n) is 7.17. The number of ether oxygens (including phenoxy) is 1. The molecule has 0 spiro atoms. The van der Waals surface area contributed by atoms with Gasteiger partial charge in [-0.3, -0.25) is 19.3 Å². The molecule has 0 bridgehead atoms. The van der Waals surface area contributed by atoms with E-state index in [4.69, 9.17) is 9.72 Å². The molecule has 0 saturated heterocycles. The molecule has 1 N–H and O–H groups in total. The van der Waals surface area contributed by atoms with E-state index in [1.54, 1.807) is 18.7 Å². The Morgan fingerprint density at radius 3 is 2.57 bits per heavy atom. The first-order valence-corrected chi connectivity index (χ1v) is 12.5. The Hall–Kier alpha value is -4.20. The molecule has 8 nitrogen and oxygen atoms in total. The van der Waals surface area contributed by atoms with Gasteiger partial charge in [0.2, 0.25) is 0 Å². The Morgan fingerprint density at radius 1 is 1.11 bits per heavy atom. The molecular formula is C29H30N4O4. The van der Waals surface area contributed by atoms with Gasteiger partial charge in [0.05, 0.1) is 22.5 Å². The molecule has 5 rings (SSSR count). The number of esters is 1. The smallest absolute Gasteiger partial charge is 0.339 e. The summed E-state index contributed by atoms with van der Waals surface area (Å²) in [5.74, 6) is -0.700. The molecule has 4 aromatic rings. The number of carbonyl (C=O) groups excluding carboxylic acids is 2. The summed E-state index contributed by atoms with van der Waals surface area (Å²) in [4.78, 5) is 44.5. The van der Waals surface area contributed by atoms with E-state index in [2.05, 4.69) is 12.2 Å². The molecule has 0 fully saturated rings. The monoisotopic (exact) mass is 498 g/mol. The molecule has 2 aromatic heterocycles. The van der Waals surface area contributed by atoms with Gasteiger partial charge < -0.3 is 10.1 Å². The first-order chi connectivity index (χ1) is 17.8. The summed E-state index contributed by atoms with van der Waals surface area (Å²) in [5, 5.41) is 3.41. The summed E-state index contributed by atoms with van der Waals surface area (Å²) in [6.45, 7) is 5.43. The number of amides is 1. The lowest BCUT2D eigenvalue weighted by molar-refractivity contribution is -0.123. The zero-order chi connectivity index (χ0) is 26.3. The van der Waals surface area contributed by atoms with Gasteiger partial charge in [0, 0.05) is 18.1 Å². The maximum absolute atomic E-state index is 13.5. The van der Waals surface area contributed by atoms with Crippen molar-refractivity contribution >= 4 is 28.5 Å². The molecule has 1 aliphatic rings. The van der Waals surface area contributed by atoms with Crippen molar-refractivity contribution in [3.63, 3.8) is 0 Å². The van der Waals surface area contributed by atoms with Crippen LogP contribution in [0.25, 0.3) is 16.6 Å². The highest BCUT2D eigenvalue weighted by Crippen LogP contribution is 2.32. The zero-order valence-corrected chi connectivity index (χ0v) is 21.4. The third-order valence-corrected chi connectivity index (χ3v) is 7.17. The first-order valence-electron chi connectivity index (χ1n) is 12.5. The minimum Gasteiger partial charge on any atom is -0.449 e. The van der Waals surface area contributed by atoms with Crippen LogP contribution < -0.4 is 10.9 Å². The van der Waals surface area contributed by atoms with E-state index in [9.17, 15) is 14.4 Å². The number of carbonyl (C=O) groups is 2. The minimum absolute atomic E-state index is 0.153. The average Bonchev–Trinajstić information content (AvgIpc) is 3.10. The normalized spacial score (nSPS) is 15.7. The van der Waals surface area contributed by atoms with Gasteiger partial charge in [0.1, 0.15) is 5.69 Å². The first kappa shape index (κ1) is 24.5. The summed E-state index contributed by atoms with van der Waals surface area (Å²) in [7, 11) is 1.75. The number of pyridine rings is 1.